The molecule has 1 heterocycles. The first-order valence-electron chi connectivity index (χ1n) is 6.78. The zero-order chi connectivity index (χ0) is 15.2. The van der Waals surface area contributed by atoms with Gasteiger partial charge in [-0.2, -0.15) is 15.0 Å². The number of hydrogen-bond donors (Lipinski definition) is 1. The second-order valence-electron chi connectivity index (χ2n) is 4.22. The number of benzene rings is 1. The molecule has 2 rings (SSSR count). The summed E-state index contributed by atoms with van der Waals surface area (Å²) in [6, 6.07) is 6.37. The van der Waals surface area contributed by atoms with Crippen LogP contribution in [-0.2, 0) is 0 Å². The summed E-state index contributed by atoms with van der Waals surface area (Å²) in [5, 5.41) is 3.48. The van der Waals surface area contributed by atoms with E-state index in [0.717, 1.165) is 18.0 Å². The molecule has 0 aliphatic carbocycles. The van der Waals surface area contributed by atoms with Gasteiger partial charge in [0.1, 0.15) is 5.82 Å². The van der Waals surface area contributed by atoms with E-state index in [1.807, 2.05) is 24.8 Å². The highest BCUT2D eigenvalue weighted by Crippen LogP contribution is 2.26. The lowest BCUT2D eigenvalue weighted by Crippen LogP contribution is -2.25. The predicted octanol–water partition coefficient (Wildman–Crippen LogP) is 3.05. The highest BCUT2D eigenvalue weighted by Gasteiger charge is 2.11. The number of nitrogens with one attached hydrogen (secondary N) is 1. The molecule has 1 N–H and O–H groups in total. The molecule has 0 saturated heterocycles. The van der Waals surface area contributed by atoms with E-state index in [-0.39, 0.29) is 5.82 Å². The van der Waals surface area contributed by atoms with E-state index in [9.17, 15) is 4.39 Å². The van der Waals surface area contributed by atoms with Gasteiger partial charge in [0.25, 0.3) is 0 Å². The van der Waals surface area contributed by atoms with Gasteiger partial charge in [-0.25, -0.2) is 4.39 Å². The minimum absolute atomic E-state index is 0.271. The summed E-state index contributed by atoms with van der Waals surface area (Å²) >= 11 is 1.31. The fraction of sp³-hybridized carbons (Fsp3) is 0.357. The Morgan fingerprint density at radius 3 is 2.57 bits per heavy atom. The summed E-state index contributed by atoms with van der Waals surface area (Å²) in [6.07, 6.45) is 0. The predicted molar refractivity (Wildman–Crippen MR) is 83.5 cm³/mol. The summed E-state index contributed by atoms with van der Waals surface area (Å²) in [4.78, 5) is 15.9. The van der Waals surface area contributed by atoms with Crippen molar-refractivity contribution in [1.29, 1.82) is 0 Å². The zero-order valence-corrected chi connectivity index (χ0v) is 13.1. The highest BCUT2D eigenvalue weighted by molar-refractivity contribution is 7.99. The fourth-order valence-electron chi connectivity index (χ4n) is 1.79. The lowest BCUT2D eigenvalue weighted by atomic mass is 10.4. The molecule has 0 saturated carbocycles. The minimum atomic E-state index is -0.271. The molecule has 0 unspecified atom stereocenters. The summed E-state index contributed by atoms with van der Waals surface area (Å²) in [6.45, 7) is 5.72. The van der Waals surface area contributed by atoms with E-state index in [1.165, 1.54) is 23.9 Å². The van der Waals surface area contributed by atoms with Gasteiger partial charge >= 0.3 is 0 Å². The van der Waals surface area contributed by atoms with Crippen LogP contribution in [0.5, 0.6) is 0 Å². The molecule has 0 spiro atoms. The Bertz CT molecular complexity index is 604. The molecule has 0 aliphatic heterocycles. The lowest BCUT2D eigenvalue weighted by molar-refractivity contribution is 0.624. The molecule has 7 heteroatoms. The largest absolute Gasteiger partial charge is 0.357 e. The van der Waals surface area contributed by atoms with Crippen molar-refractivity contribution in [3.05, 3.63) is 30.1 Å². The average molecular weight is 307 g/mol. The van der Waals surface area contributed by atoms with Gasteiger partial charge in [-0.05, 0) is 43.8 Å². The minimum Gasteiger partial charge on any atom is -0.357 e. The van der Waals surface area contributed by atoms with Crippen LogP contribution < -0.4 is 10.2 Å². The van der Waals surface area contributed by atoms with Crippen molar-refractivity contribution in [3.63, 3.8) is 0 Å². The molecule has 2 aromatic rings. The molecule has 0 bridgehead atoms. The number of halogens is 1. The fourth-order valence-corrected chi connectivity index (χ4v) is 2.58. The van der Waals surface area contributed by atoms with Crippen molar-refractivity contribution in [1.82, 2.24) is 15.0 Å². The van der Waals surface area contributed by atoms with Crippen LogP contribution in [0, 0.1) is 5.82 Å². The second kappa shape index (κ2) is 7.21. The molecule has 0 amide bonds. The Kier molecular flexibility index (Phi) is 5.32. The van der Waals surface area contributed by atoms with Crippen LogP contribution in [-0.4, -0.2) is 35.1 Å². The summed E-state index contributed by atoms with van der Waals surface area (Å²) in [5.41, 5.74) is 0. The van der Waals surface area contributed by atoms with Crippen LogP contribution >= 0.6 is 11.8 Å². The van der Waals surface area contributed by atoms with Crippen LogP contribution in [0.4, 0.5) is 16.3 Å². The number of aromatic nitrogens is 3. The molecular formula is C14H18FN5S. The molecule has 112 valence electrons. The Balaban J connectivity index is 2.32. The van der Waals surface area contributed by atoms with Crippen molar-refractivity contribution in [2.45, 2.75) is 23.9 Å². The quantitative estimate of drug-likeness (QED) is 0.885. The molecule has 0 atom stereocenters. The van der Waals surface area contributed by atoms with Crippen LogP contribution in [0.1, 0.15) is 13.8 Å². The SMILES string of the molecule is CCN(CC)c1nc(NC)nc(Sc2cccc(F)c2)n1. The maximum absolute atomic E-state index is 13.2. The summed E-state index contributed by atoms with van der Waals surface area (Å²) in [5.74, 6) is 0.857. The Labute approximate surface area is 128 Å². The van der Waals surface area contributed by atoms with E-state index in [1.54, 1.807) is 13.1 Å². The van der Waals surface area contributed by atoms with Crippen molar-refractivity contribution in [2.24, 2.45) is 0 Å². The first kappa shape index (κ1) is 15.5. The Morgan fingerprint density at radius 1 is 1.19 bits per heavy atom. The third kappa shape index (κ3) is 4.04. The van der Waals surface area contributed by atoms with Crippen molar-refractivity contribution < 1.29 is 4.39 Å². The molecule has 0 fully saturated rings. The zero-order valence-electron chi connectivity index (χ0n) is 12.3. The smallest absolute Gasteiger partial charge is 0.231 e. The Hall–Kier alpha value is -1.89. The molecule has 1 aromatic carbocycles. The maximum atomic E-state index is 13.2. The van der Waals surface area contributed by atoms with Crippen LogP contribution in [0.15, 0.2) is 34.3 Å². The summed E-state index contributed by atoms with van der Waals surface area (Å²) < 4.78 is 13.2. The number of hydrogen-bond acceptors (Lipinski definition) is 6. The molecule has 0 aliphatic rings. The number of anilines is 2. The summed E-state index contributed by atoms with van der Waals surface area (Å²) in [7, 11) is 1.76. The van der Waals surface area contributed by atoms with Crippen LogP contribution in [0.2, 0.25) is 0 Å². The van der Waals surface area contributed by atoms with Crippen molar-refractivity contribution >= 4 is 23.7 Å². The van der Waals surface area contributed by atoms with Gasteiger partial charge in [0.2, 0.25) is 11.9 Å². The number of rotatable bonds is 6. The molecule has 5 nitrogen and oxygen atoms in total. The van der Waals surface area contributed by atoms with Crippen molar-refractivity contribution in [2.75, 3.05) is 30.4 Å². The van der Waals surface area contributed by atoms with E-state index >= 15 is 0 Å². The van der Waals surface area contributed by atoms with E-state index < -0.39 is 0 Å². The Morgan fingerprint density at radius 2 is 1.95 bits per heavy atom. The first-order chi connectivity index (χ1) is 10.2. The number of nitrogens with zero attached hydrogens (tertiary/aromatic N) is 4. The third-order valence-electron chi connectivity index (χ3n) is 2.88. The normalized spacial score (nSPS) is 10.5. The highest BCUT2D eigenvalue weighted by atomic mass is 32.2. The van der Waals surface area contributed by atoms with Gasteiger partial charge in [0.05, 0.1) is 0 Å². The topological polar surface area (TPSA) is 53.9 Å². The van der Waals surface area contributed by atoms with E-state index in [0.29, 0.717) is 17.1 Å². The lowest BCUT2D eigenvalue weighted by Gasteiger charge is -2.19. The second-order valence-corrected chi connectivity index (χ2v) is 5.26. The van der Waals surface area contributed by atoms with Crippen LogP contribution in [0.3, 0.4) is 0 Å². The third-order valence-corrected chi connectivity index (χ3v) is 3.73. The van der Waals surface area contributed by atoms with E-state index in [2.05, 4.69) is 20.3 Å². The molecular weight excluding hydrogens is 289 g/mol. The molecule has 1 aromatic heterocycles. The monoisotopic (exact) mass is 307 g/mol. The first-order valence-corrected chi connectivity index (χ1v) is 7.60. The standard InChI is InChI=1S/C14H18FN5S/c1-4-20(5-2)13-17-12(16-3)18-14(19-13)21-11-8-6-7-10(15)9-11/h6-9H,4-5H2,1-3H3,(H,16,17,18,19). The van der Waals surface area contributed by atoms with Gasteiger partial charge in [-0.3, -0.25) is 0 Å². The average Bonchev–Trinajstić information content (AvgIpc) is 2.48. The van der Waals surface area contributed by atoms with Gasteiger partial charge in [0.15, 0.2) is 5.16 Å². The van der Waals surface area contributed by atoms with E-state index in [4.69, 9.17) is 0 Å². The van der Waals surface area contributed by atoms with Gasteiger partial charge in [-0.15, -0.1) is 0 Å². The van der Waals surface area contributed by atoms with Crippen LogP contribution in [0.25, 0.3) is 0 Å². The van der Waals surface area contributed by atoms with Gasteiger partial charge < -0.3 is 10.2 Å². The van der Waals surface area contributed by atoms with Crippen molar-refractivity contribution in [3.8, 4) is 0 Å². The maximum Gasteiger partial charge on any atom is 0.231 e. The van der Waals surface area contributed by atoms with Gasteiger partial charge in [0, 0.05) is 25.0 Å². The molecule has 0 radical (unpaired) electrons. The van der Waals surface area contributed by atoms with Gasteiger partial charge in [-0.1, -0.05) is 6.07 Å². The molecule has 21 heavy (non-hydrogen) atoms.